The van der Waals surface area contributed by atoms with Crippen molar-refractivity contribution in [1.82, 2.24) is 9.80 Å². The number of carbonyl (C=O) groups is 1. The first-order chi connectivity index (χ1) is 9.38. The fourth-order valence-corrected chi connectivity index (χ4v) is 2.60. The van der Waals surface area contributed by atoms with E-state index in [4.69, 9.17) is 5.73 Å². The molecule has 4 heteroatoms. The van der Waals surface area contributed by atoms with E-state index in [-0.39, 0.29) is 11.4 Å². The minimum atomic E-state index is 0.177. The van der Waals surface area contributed by atoms with Crippen LogP contribution < -0.4 is 5.73 Å². The maximum Gasteiger partial charge on any atom is 0.227 e. The van der Waals surface area contributed by atoms with E-state index in [1.807, 2.05) is 29.2 Å². The Bertz CT molecular complexity index is 471. The molecule has 1 aliphatic heterocycles. The second kappa shape index (κ2) is 5.83. The van der Waals surface area contributed by atoms with Gasteiger partial charge in [0.25, 0.3) is 0 Å². The Morgan fingerprint density at radius 3 is 2.30 bits per heavy atom. The third-order valence-electron chi connectivity index (χ3n) is 3.98. The molecule has 0 radical (unpaired) electrons. The number of nitrogen functional groups attached to an aromatic ring is 1. The molecule has 2 N–H and O–H groups in total. The lowest BCUT2D eigenvalue weighted by molar-refractivity contribution is -0.133. The molecule has 1 amide bonds. The summed E-state index contributed by atoms with van der Waals surface area (Å²) in [5.41, 5.74) is 7.71. The summed E-state index contributed by atoms with van der Waals surface area (Å²) >= 11 is 0. The molecule has 1 aromatic carbocycles. The SMILES string of the molecule is CC(C)(C)N1CCN(C(=O)Cc2ccccc2N)CC1. The van der Waals surface area contributed by atoms with E-state index in [9.17, 15) is 4.79 Å². The van der Waals surface area contributed by atoms with Crippen molar-refractivity contribution in [3.05, 3.63) is 29.8 Å². The number of piperazine rings is 1. The molecule has 1 aromatic rings. The van der Waals surface area contributed by atoms with Gasteiger partial charge in [0.05, 0.1) is 6.42 Å². The van der Waals surface area contributed by atoms with Gasteiger partial charge < -0.3 is 10.6 Å². The number of nitrogens with zero attached hydrogens (tertiary/aromatic N) is 2. The van der Waals surface area contributed by atoms with E-state index in [0.29, 0.717) is 12.1 Å². The fourth-order valence-electron chi connectivity index (χ4n) is 2.60. The summed E-state index contributed by atoms with van der Waals surface area (Å²) in [5.74, 6) is 0.177. The highest BCUT2D eigenvalue weighted by molar-refractivity contribution is 5.80. The molecule has 0 atom stereocenters. The fraction of sp³-hybridized carbons (Fsp3) is 0.562. The standard InChI is InChI=1S/C16H25N3O/c1-16(2,3)19-10-8-18(9-11-19)15(20)12-13-6-4-5-7-14(13)17/h4-7H,8-12,17H2,1-3H3. The van der Waals surface area contributed by atoms with E-state index in [1.165, 1.54) is 0 Å². The van der Waals surface area contributed by atoms with Gasteiger partial charge in [0.15, 0.2) is 0 Å². The monoisotopic (exact) mass is 275 g/mol. The minimum Gasteiger partial charge on any atom is -0.398 e. The van der Waals surface area contributed by atoms with Gasteiger partial charge in [0, 0.05) is 37.4 Å². The number of nitrogens with two attached hydrogens (primary N) is 1. The number of para-hydroxylation sites is 1. The highest BCUT2D eigenvalue weighted by atomic mass is 16.2. The molecule has 1 saturated heterocycles. The molecule has 0 bridgehead atoms. The molecule has 1 fully saturated rings. The Labute approximate surface area is 121 Å². The highest BCUT2D eigenvalue weighted by Crippen LogP contribution is 2.17. The summed E-state index contributed by atoms with van der Waals surface area (Å²) in [6.45, 7) is 10.2. The normalized spacial score (nSPS) is 17.2. The molecule has 4 nitrogen and oxygen atoms in total. The first-order valence-corrected chi connectivity index (χ1v) is 7.24. The number of hydrogen-bond acceptors (Lipinski definition) is 3. The average molecular weight is 275 g/mol. The molecule has 0 spiro atoms. The van der Waals surface area contributed by atoms with Gasteiger partial charge in [-0.3, -0.25) is 9.69 Å². The van der Waals surface area contributed by atoms with Crippen LogP contribution in [-0.2, 0) is 11.2 Å². The van der Waals surface area contributed by atoms with E-state index >= 15 is 0 Å². The molecule has 0 aromatic heterocycles. The van der Waals surface area contributed by atoms with Crippen LogP contribution in [0.5, 0.6) is 0 Å². The van der Waals surface area contributed by atoms with E-state index < -0.39 is 0 Å². The van der Waals surface area contributed by atoms with E-state index in [1.54, 1.807) is 0 Å². The number of hydrogen-bond donors (Lipinski definition) is 1. The van der Waals surface area contributed by atoms with Crippen molar-refractivity contribution in [3.8, 4) is 0 Å². The Balaban J connectivity index is 1.91. The van der Waals surface area contributed by atoms with Gasteiger partial charge in [-0.1, -0.05) is 18.2 Å². The predicted molar refractivity (Wildman–Crippen MR) is 82.5 cm³/mol. The van der Waals surface area contributed by atoms with E-state index in [2.05, 4.69) is 25.7 Å². The molecular formula is C16H25N3O. The summed E-state index contributed by atoms with van der Waals surface area (Å²) in [5, 5.41) is 0. The second-order valence-electron chi connectivity index (χ2n) is 6.41. The van der Waals surface area contributed by atoms with Crippen LogP contribution in [0.1, 0.15) is 26.3 Å². The number of carbonyl (C=O) groups excluding carboxylic acids is 1. The topological polar surface area (TPSA) is 49.6 Å². The zero-order chi connectivity index (χ0) is 14.8. The van der Waals surface area contributed by atoms with Crippen molar-refractivity contribution in [2.75, 3.05) is 31.9 Å². The summed E-state index contributed by atoms with van der Waals surface area (Å²) < 4.78 is 0. The third kappa shape index (κ3) is 3.51. The van der Waals surface area contributed by atoms with Crippen LogP contribution in [0.15, 0.2) is 24.3 Å². The molecule has 0 unspecified atom stereocenters. The Morgan fingerprint density at radius 1 is 1.15 bits per heavy atom. The van der Waals surface area contributed by atoms with Crippen LogP contribution in [0.25, 0.3) is 0 Å². The molecule has 2 rings (SSSR count). The van der Waals surface area contributed by atoms with Crippen molar-refractivity contribution in [2.45, 2.75) is 32.7 Å². The molecule has 1 heterocycles. The molecule has 110 valence electrons. The smallest absolute Gasteiger partial charge is 0.227 e. The summed E-state index contributed by atoms with van der Waals surface area (Å²) in [6, 6.07) is 7.60. The number of benzene rings is 1. The summed E-state index contributed by atoms with van der Waals surface area (Å²) in [6.07, 6.45) is 0.405. The Kier molecular flexibility index (Phi) is 4.33. The van der Waals surface area contributed by atoms with Gasteiger partial charge in [0.1, 0.15) is 0 Å². The lowest BCUT2D eigenvalue weighted by Gasteiger charge is -2.42. The van der Waals surface area contributed by atoms with Gasteiger partial charge in [0.2, 0.25) is 5.91 Å². The Morgan fingerprint density at radius 2 is 1.75 bits per heavy atom. The lowest BCUT2D eigenvalue weighted by Crippen LogP contribution is -2.54. The first kappa shape index (κ1) is 14.9. The van der Waals surface area contributed by atoms with Crippen LogP contribution in [0, 0.1) is 0 Å². The number of anilines is 1. The molecule has 0 saturated carbocycles. The Hall–Kier alpha value is -1.55. The van der Waals surface area contributed by atoms with Crippen LogP contribution in [0.2, 0.25) is 0 Å². The first-order valence-electron chi connectivity index (χ1n) is 7.24. The number of rotatable bonds is 2. The zero-order valence-electron chi connectivity index (χ0n) is 12.7. The van der Waals surface area contributed by atoms with Crippen LogP contribution in [-0.4, -0.2) is 47.4 Å². The lowest BCUT2D eigenvalue weighted by atomic mass is 10.0. The minimum absolute atomic E-state index is 0.177. The van der Waals surface area contributed by atoms with Crippen molar-refractivity contribution in [2.24, 2.45) is 0 Å². The van der Waals surface area contributed by atoms with E-state index in [0.717, 1.165) is 31.7 Å². The second-order valence-corrected chi connectivity index (χ2v) is 6.41. The maximum atomic E-state index is 12.3. The van der Waals surface area contributed by atoms with Crippen molar-refractivity contribution in [1.29, 1.82) is 0 Å². The maximum absolute atomic E-state index is 12.3. The highest BCUT2D eigenvalue weighted by Gasteiger charge is 2.27. The number of amides is 1. The van der Waals surface area contributed by atoms with Gasteiger partial charge in [-0.05, 0) is 32.4 Å². The molecule has 20 heavy (non-hydrogen) atoms. The van der Waals surface area contributed by atoms with Crippen molar-refractivity contribution < 1.29 is 4.79 Å². The van der Waals surface area contributed by atoms with Gasteiger partial charge in [-0.2, -0.15) is 0 Å². The zero-order valence-corrected chi connectivity index (χ0v) is 12.7. The molecule has 1 aliphatic rings. The van der Waals surface area contributed by atoms with Crippen molar-refractivity contribution in [3.63, 3.8) is 0 Å². The van der Waals surface area contributed by atoms with Crippen LogP contribution >= 0.6 is 0 Å². The quantitative estimate of drug-likeness (QED) is 0.837. The average Bonchev–Trinajstić information content (AvgIpc) is 2.40. The summed E-state index contributed by atoms with van der Waals surface area (Å²) in [4.78, 5) is 16.7. The molecule has 0 aliphatic carbocycles. The largest absolute Gasteiger partial charge is 0.398 e. The van der Waals surface area contributed by atoms with Crippen LogP contribution in [0.3, 0.4) is 0 Å². The van der Waals surface area contributed by atoms with Crippen LogP contribution in [0.4, 0.5) is 5.69 Å². The third-order valence-corrected chi connectivity index (χ3v) is 3.98. The van der Waals surface area contributed by atoms with Gasteiger partial charge in [-0.25, -0.2) is 0 Å². The summed E-state index contributed by atoms with van der Waals surface area (Å²) in [7, 11) is 0. The van der Waals surface area contributed by atoms with Crippen molar-refractivity contribution >= 4 is 11.6 Å². The van der Waals surface area contributed by atoms with Gasteiger partial charge in [-0.15, -0.1) is 0 Å². The predicted octanol–water partition coefficient (Wildman–Crippen LogP) is 1.75. The van der Waals surface area contributed by atoms with Gasteiger partial charge >= 0.3 is 0 Å². The molecular weight excluding hydrogens is 250 g/mol.